The molecule has 1 fully saturated rings. The first-order valence-electron chi connectivity index (χ1n) is 8.59. The fourth-order valence-electron chi connectivity index (χ4n) is 3.45. The smallest absolute Gasteiger partial charge is 0.259 e. The summed E-state index contributed by atoms with van der Waals surface area (Å²) in [7, 11) is 2.04. The molecule has 4 rings (SSSR count). The Labute approximate surface area is 150 Å². The van der Waals surface area contributed by atoms with E-state index in [1.807, 2.05) is 11.9 Å². The second-order valence-corrected chi connectivity index (χ2v) is 6.63. The van der Waals surface area contributed by atoms with Crippen molar-refractivity contribution in [3.63, 3.8) is 0 Å². The van der Waals surface area contributed by atoms with Crippen molar-refractivity contribution in [1.29, 1.82) is 0 Å². The molecule has 2 N–H and O–H groups in total. The van der Waals surface area contributed by atoms with Gasteiger partial charge in [0, 0.05) is 26.2 Å². The van der Waals surface area contributed by atoms with Gasteiger partial charge >= 0.3 is 0 Å². The van der Waals surface area contributed by atoms with E-state index in [9.17, 15) is 4.79 Å². The van der Waals surface area contributed by atoms with Crippen LogP contribution in [0.25, 0.3) is 22.6 Å². The molecule has 0 saturated carbocycles. The monoisotopic (exact) mass is 355 g/mol. The van der Waals surface area contributed by atoms with Gasteiger partial charge in [0.05, 0.1) is 28.9 Å². The number of nitrogens with two attached hydrogens (primary N) is 1. The van der Waals surface area contributed by atoms with Gasteiger partial charge in [0.2, 0.25) is 0 Å². The zero-order valence-electron chi connectivity index (χ0n) is 14.8. The van der Waals surface area contributed by atoms with Crippen LogP contribution < -0.4 is 5.73 Å². The lowest BCUT2D eigenvalue weighted by Crippen LogP contribution is -2.56. The van der Waals surface area contributed by atoms with E-state index in [4.69, 9.17) is 14.7 Å². The van der Waals surface area contributed by atoms with Gasteiger partial charge in [-0.15, -0.1) is 0 Å². The van der Waals surface area contributed by atoms with Crippen LogP contribution in [-0.2, 0) is 0 Å². The first-order chi connectivity index (χ1) is 12.6. The predicted octanol–water partition coefficient (Wildman–Crippen LogP) is 1.51. The number of pyridine rings is 1. The van der Waals surface area contributed by atoms with Crippen LogP contribution in [0.15, 0.2) is 33.4 Å². The number of nitrogens with zero attached hydrogens (tertiary/aromatic N) is 4. The maximum Gasteiger partial charge on any atom is 0.259 e. The normalized spacial score (nSPS) is 18.6. The molecule has 0 aromatic carbocycles. The zero-order chi connectivity index (χ0) is 18.3. The van der Waals surface area contributed by atoms with Crippen LogP contribution in [0.3, 0.4) is 0 Å². The van der Waals surface area contributed by atoms with Gasteiger partial charge in [-0.2, -0.15) is 0 Å². The molecule has 8 nitrogen and oxygen atoms in total. The van der Waals surface area contributed by atoms with E-state index in [1.54, 1.807) is 31.4 Å². The van der Waals surface area contributed by atoms with Crippen molar-refractivity contribution < 1.29 is 13.7 Å². The minimum Gasteiger partial charge on any atom is -0.463 e. The summed E-state index contributed by atoms with van der Waals surface area (Å²) in [5.74, 6) is 0.490. The Morgan fingerprint density at radius 2 is 2.27 bits per heavy atom. The summed E-state index contributed by atoms with van der Waals surface area (Å²) in [4.78, 5) is 21.9. The Hall–Kier alpha value is -2.71. The summed E-state index contributed by atoms with van der Waals surface area (Å²) in [6.07, 6.45) is 1.57. The molecule has 0 spiro atoms. The third-order valence-electron chi connectivity index (χ3n) is 4.84. The summed E-state index contributed by atoms with van der Waals surface area (Å²) in [5.41, 5.74) is 7.95. The van der Waals surface area contributed by atoms with Crippen molar-refractivity contribution in [2.24, 2.45) is 5.73 Å². The van der Waals surface area contributed by atoms with E-state index in [-0.39, 0.29) is 11.9 Å². The molecule has 3 aromatic heterocycles. The minimum atomic E-state index is -0.0833. The lowest BCUT2D eigenvalue weighted by Gasteiger charge is -2.39. The number of amides is 1. The fourth-order valence-corrected chi connectivity index (χ4v) is 3.45. The standard InChI is InChI=1S/C18H21N5O3/c1-11-16-13(18(24)23-6-5-22(2)10-12(23)9-19)8-14(15-4-3-7-25-15)20-17(16)26-21-11/h3-4,7-8,12H,5-6,9-10,19H2,1-2H3/t12-/m0/s1. The van der Waals surface area contributed by atoms with Crippen LogP contribution >= 0.6 is 0 Å². The third kappa shape index (κ3) is 2.77. The highest BCUT2D eigenvalue weighted by atomic mass is 16.5. The van der Waals surface area contributed by atoms with Crippen molar-refractivity contribution in [1.82, 2.24) is 19.9 Å². The number of hydrogen-bond acceptors (Lipinski definition) is 7. The lowest BCUT2D eigenvalue weighted by molar-refractivity contribution is 0.0518. The summed E-state index contributed by atoms with van der Waals surface area (Å²) >= 11 is 0. The zero-order valence-corrected chi connectivity index (χ0v) is 14.8. The number of furan rings is 1. The average molecular weight is 355 g/mol. The van der Waals surface area contributed by atoms with Crippen molar-refractivity contribution in [2.45, 2.75) is 13.0 Å². The molecule has 26 heavy (non-hydrogen) atoms. The summed E-state index contributed by atoms with van der Waals surface area (Å²) in [6.45, 7) is 4.41. The minimum absolute atomic E-state index is 0.0308. The van der Waals surface area contributed by atoms with Crippen LogP contribution in [0.5, 0.6) is 0 Å². The Bertz CT molecular complexity index is 934. The van der Waals surface area contributed by atoms with Gasteiger partial charge in [-0.1, -0.05) is 5.16 Å². The van der Waals surface area contributed by atoms with E-state index in [0.717, 1.165) is 13.1 Å². The Morgan fingerprint density at radius 1 is 1.42 bits per heavy atom. The van der Waals surface area contributed by atoms with Gasteiger partial charge in [0.1, 0.15) is 5.69 Å². The van der Waals surface area contributed by atoms with Gasteiger partial charge in [-0.25, -0.2) is 4.98 Å². The number of hydrogen-bond donors (Lipinski definition) is 1. The molecule has 0 unspecified atom stereocenters. The molecule has 4 heterocycles. The second kappa shape index (κ2) is 6.54. The van der Waals surface area contributed by atoms with Crippen molar-refractivity contribution >= 4 is 17.0 Å². The van der Waals surface area contributed by atoms with E-state index >= 15 is 0 Å². The van der Waals surface area contributed by atoms with Gasteiger partial charge in [-0.3, -0.25) is 4.79 Å². The first-order valence-corrected chi connectivity index (χ1v) is 8.59. The van der Waals surface area contributed by atoms with Crippen LogP contribution in [0, 0.1) is 6.92 Å². The molecule has 0 bridgehead atoms. The first kappa shape index (κ1) is 16.7. The second-order valence-electron chi connectivity index (χ2n) is 6.63. The number of carbonyl (C=O) groups excluding carboxylic acids is 1. The average Bonchev–Trinajstić information content (AvgIpc) is 3.30. The third-order valence-corrected chi connectivity index (χ3v) is 4.84. The Balaban J connectivity index is 1.81. The van der Waals surface area contributed by atoms with E-state index in [2.05, 4.69) is 15.0 Å². The number of fused-ring (bicyclic) bond motifs is 1. The van der Waals surface area contributed by atoms with E-state index in [0.29, 0.717) is 46.9 Å². The topological polar surface area (TPSA) is 102 Å². The van der Waals surface area contributed by atoms with Crippen LogP contribution in [0.4, 0.5) is 0 Å². The molecule has 1 atom stereocenters. The predicted molar refractivity (Wildman–Crippen MR) is 95.6 cm³/mol. The maximum absolute atomic E-state index is 13.4. The molecule has 3 aromatic rings. The van der Waals surface area contributed by atoms with Gasteiger partial charge < -0.3 is 24.5 Å². The van der Waals surface area contributed by atoms with Crippen molar-refractivity contribution in [3.8, 4) is 11.5 Å². The molecule has 1 amide bonds. The molecule has 8 heteroatoms. The van der Waals surface area contributed by atoms with Gasteiger partial charge in [-0.05, 0) is 32.2 Å². The fraction of sp³-hybridized carbons (Fsp3) is 0.389. The summed E-state index contributed by atoms with van der Waals surface area (Å²) in [6, 6.07) is 5.29. The Morgan fingerprint density at radius 3 is 3.00 bits per heavy atom. The molecule has 0 radical (unpaired) electrons. The highest BCUT2D eigenvalue weighted by Crippen LogP contribution is 2.29. The highest BCUT2D eigenvalue weighted by Gasteiger charge is 2.31. The number of likely N-dealkylation sites (N-methyl/N-ethyl adjacent to an activating group) is 1. The highest BCUT2D eigenvalue weighted by molar-refractivity contribution is 6.07. The number of aryl methyl sites for hydroxylation is 1. The molecule has 0 aliphatic carbocycles. The molecule has 1 aliphatic rings. The van der Waals surface area contributed by atoms with Crippen LogP contribution in [0.2, 0.25) is 0 Å². The van der Waals surface area contributed by atoms with Crippen molar-refractivity contribution in [3.05, 3.63) is 35.7 Å². The molecular weight excluding hydrogens is 334 g/mol. The quantitative estimate of drug-likeness (QED) is 0.760. The van der Waals surface area contributed by atoms with E-state index < -0.39 is 0 Å². The molecular formula is C18H21N5O3. The largest absolute Gasteiger partial charge is 0.463 e. The number of rotatable bonds is 3. The number of aromatic nitrogens is 2. The lowest BCUT2D eigenvalue weighted by atomic mass is 10.0. The summed E-state index contributed by atoms with van der Waals surface area (Å²) < 4.78 is 10.8. The SMILES string of the molecule is Cc1noc2nc(-c3ccco3)cc(C(=O)N3CCN(C)C[C@@H]3CN)c12. The van der Waals surface area contributed by atoms with Gasteiger partial charge in [0.25, 0.3) is 11.6 Å². The van der Waals surface area contributed by atoms with Crippen molar-refractivity contribution in [2.75, 3.05) is 33.2 Å². The Kier molecular flexibility index (Phi) is 4.21. The molecule has 1 aliphatic heterocycles. The molecule has 136 valence electrons. The number of piperazine rings is 1. The number of carbonyl (C=O) groups is 1. The van der Waals surface area contributed by atoms with E-state index in [1.165, 1.54) is 0 Å². The van der Waals surface area contributed by atoms with Crippen LogP contribution in [0.1, 0.15) is 16.1 Å². The van der Waals surface area contributed by atoms with Crippen LogP contribution in [-0.4, -0.2) is 65.1 Å². The van der Waals surface area contributed by atoms with Gasteiger partial charge in [0.15, 0.2) is 5.76 Å². The molecule has 1 saturated heterocycles. The maximum atomic E-state index is 13.4. The summed E-state index contributed by atoms with van der Waals surface area (Å²) in [5, 5.41) is 4.62.